The van der Waals surface area contributed by atoms with Gasteiger partial charge in [0.15, 0.2) is 16.1 Å². The van der Waals surface area contributed by atoms with Gasteiger partial charge in [-0.3, -0.25) is 0 Å². The molecule has 2 heterocycles. The summed E-state index contributed by atoms with van der Waals surface area (Å²) in [7, 11) is -4.18. The topological polar surface area (TPSA) is 187 Å². The molecule has 2 aromatic carbocycles. The lowest BCUT2D eigenvalue weighted by atomic mass is 9.71. The molecule has 5 atom stereocenters. The minimum Gasteiger partial charge on any atom is -0.443 e. The van der Waals surface area contributed by atoms with Crippen LogP contribution in [0.5, 0.6) is 0 Å². The molecule has 11 nitrogen and oxygen atoms in total. The second kappa shape index (κ2) is 12.6. The summed E-state index contributed by atoms with van der Waals surface area (Å²) >= 11 is 0. The lowest BCUT2D eigenvalue weighted by molar-refractivity contribution is -0.0907. The molecule has 0 aromatic heterocycles. The van der Waals surface area contributed by atoms with Crippen LogP contribution in [0.3, 0.4) is 0 Å². The third-order valence-electron chi connectivity index (χ3n) is 8.06. The van der Waals surface area contributed by atoms with Crippen LogP contribution in [0.2, 0.25) is 0 Å². The van der Waals surface area contributed by atoms with Gasteiger partial charge in [0, 0.05) is 18.5 Å². The highest BCUT2D eigenvalue weighted by Crippen LogP contribution is 2.40. The molecule has 0 spiro atoms. The number of carbonyl (C=O) groups excluding carboxylic acids is 1. The highest BCUT2D eigenvalue weighted by molar-refractivity contribution is 7.91. The second-order valence-electron chi connectivity index (χ2n) is 12.1. The Morgan fingerprint density at radius 1 is 1.19 bits per heavy atom. The zero-order valence-corrected chi connectivity index (χ0v) is 24.8. The van der Waals surface area contributed by atoms with Gasteiger partial charge in [0.2, 0.25) is 0 Å². The van der Waals surface area contributed by atoms with Crippen LogP contribution in [-0.4, -0.2) is 62.2 Å². The molecule has 0 unspecified atom stereocenters. The van der Waals surface area contributed by atoms with Crippen LogP contribution in [0.4, 0.5) is 10.5 Å². The Hall–Kier alpha value is -3.21. The van der Waals surface area contributed by atoms with Crippen molar-refractivity contribution in [3.8, 4) is 6.07 Å². The van der Waals surface area contributed by atoms with E-state index in [-0.39, 0.29) is 42.4 Å². The van der Waals surface area contributed by atoms with E-state index in [9.17, 15) is 23.6 Å². The zero-order valence-electron chi connectivity index (χ0n) is 24.0. The molecule has 228 valence electrons. The van der Waals surface area contributed by atoms with Crippen LogP contribution in [0.1, 0.15) is 45.1 Å². The molecule has 0 radical (unpaired) electrons. The third-order valence-corrected chi connectivity index (χ3v) is 9.89. The Bertz CT molecular complexity index is 1400. The number of aliphatic hydroxyl groups is 1. The van der Waals surface area contributed by atoms with Crippen molar-refractivity contribution < 1.29 is 32.5 Å². The normalized spacial score (nSPS) is 23.3. The summed E-state index contributed by atoms with van der Waals surface area (Å²) in [5.74, 6) is -0.960. The first kappa shape index (κ1) is 31.7. The maximum absolute atomic E-state index is 13.8. The molecule has 2 aliphatic heterocycles. The predicted molar refractivity (Wildman–Crippen MR) is 155 cm³/mol. The zero-order chi connectivity index (χ0) is 30.6. The van der Waals surface area contributed by atoms with E-state index in [1.807, 2.05) is 19.9 Å². The Labute approximate surface area is 247 Å². The number of fused-ring (bicyclic) bond motifs is 1. The van der Waals surface area contributed by atoms with Gasteiger partial charge in [-0.1, -0.05) is 50.2 Å². The van der Waals surface area contributed by atoms with Crippen molar-refractivity contribution in [1.82, 2.24) is 5.32 Å². The minimum atomic E-state index is -4.18. The summed E-state index contributed by atoms with van der Waals surface area (Å²) in [4.78, 5) is 13.3. The van der Waals surface area contributed by atoms with Gasteiger partial charge in [0.05, 0.1) is 35.8 Å². The highest BCUT2D eigenvalue weighted by atomic mass is 32.2. The number of hydrogen-bond donors (Lipinski definition) is 4. The van der Waals surface area contributed by atoms with Crippen LogP contribution in [0, 0.1) is 22.7 Å². The number of carbonyl (C=O) groups is 1. The van der Waals surface area contributed by atoms with E-state index >= 15 is 0 Å². The quantitative estimate of drug-likeness (QED) is 0.208. The molecule has 2 aliphatic rings. The van der Waals surface area contributed by atoms with Gasteiger partial charge in [0.25, 0.3) is 0 Å². The number of ether oxygens (including phenoxy) is 3. The van der Waals surface area contributed by atoms with E-state index in [0.717, 1.165) is 0 Å². The lowest BCUT2D eigenvalue weighted by Gasteiger charge is -2.48. The van der Waals surface area contributed by atoms with Crippen molar-refractivity contribution in [2.75, 3.05) is 24.7 Å². The molecular formula is C30H40N4O7S. The van der Waals surface area contributed by atoms with Gasteiger partial charge in [-0.25, -0.2) is 13.2 Å². The van der Waals surface area contributed by atoms with Crippen LogP contribution < -0.4 is 16.8 Å². The standard InChI is InChI=1S/C30H40N4O7S/c1-28(2,13-7-14-31)19-29(36,20-42(37,38)23-11-6-10-22(32)16-23)30(33,17-21-8-4-3-5-9-21)34-27(35)41-25-18-40-26-24(25)12-15-39-26/h3-6,8-11,16,24-26,36H,7,12-13,15,17-20,32-33H2,1-2H3,(H,34,35)/t24-,25-,26+,29-,30-/m0/s1. The van der Waals surface area contributed by atoms with Crippen molar-refractivity contribution in [1.29, 1.82) is 5.26 Å². The second-order valence-corrected chi connectivity index (χ2v) is 14.1. The average molecular weight is 601 g/mol. The molecule has 6 N–H and O–H groups in total. The number of nitrogens with one attached hydrogen (secondary N) is 1. The number of anilines is 1. The molecule has 4 rings (SSSR count). The summed E-state index contributed by atoms with van der Waals surface area (Å²) in [6, 6.07) is 16.8. The molecule has 2 aromatic rings. The van der Waals surface area contributed by atoms with Gasteiger partial charge < -0.3 is 36.1 Å². The minimum absolute atomic E-state index is 0.0872. The van der Waals surface area contributed by atoms with Gasteiger partial charge in [-0.2, -0.15) is 5.26 Å². The number of benzene rings is 2. The molecule has 12 heteroatoms. The summed E-state index contributed by atoms with van der Waals surface area (Å²) in [5.41, 5.74) is 8.75. The Morgan fingerprint density at radius 2 is 1.93 bits per heavy atom. The number of sulfone groups is 1. The Kier molecular flexibility index (Phi) is 9.49. The molecule has 0 bridgehead atoms. The van der Waals surface area contributed by atoms with E-state index in [0.29, 0.717) is 25.0 Å². The third kappa shape index (κ3) is 7.40. The smallest absolute Gasteiger partial charge is 0.409 e. The number of nitriles is 1. The number of hydrogen-bond acceptors (Lipinski definition) is 10. The predicted octanol–water partition coefficient (Wildman–Crippen LogP) is 2.88. The number of nitrogen functional groups attached to an aromatic ring is 1. The van der Waals surface area contributed by atoms with E-state index < -0.39 is 50.8 Å². The van der Waals surface area contributed by atoms with Crippen molar-refractivity contribution >= 4 is 21.6 Å². The Balaban J connectivity index is 1.73. The van der Waals surface area contributed by atoms with E-state index in [1.165, 1.54) is 18.2 Å². The van der Waals surface area contributed by atoms with Crippen molar-refractivity contribution in [2.24, 2.45) is 17.1 Å². The fourth-order valence-corrected chi connectivity index (χ4v) is 7.61. The number of rotatable bonds is 12. The fourth-order valence-electron chi connectivity index (χ4n) is 5.86. The molecule has 2 saturated heterocycles. The Morgan fingerprint density at radius 3 is 2.62 bits per heavy atom. The summed E-state index contributed by atoms with van der Waals surface area (Å²) in [6.45, 7) is 4.28. The van der Waals surface area contributed by atoms with Gasteiger partial charge in [0.1, 0.15) is 17.4 Å². The van der Waals surface area contributed by atoms with E-state index in [4.69, 9.17) is 25.7 Å². The monoisotopic (exact) mass is 600 g/mol. The van der Waals surface area contributed by atoms with Crippen LogP contribution in [0.15, 0.2) is 59.5 Å². The van der Waals surface area contributed by atoms with E-state index in [2.05, 4.69) is 11.4 Å². The van der Waals surface area contributed by atoms with Gasteiger partial charge in [-0.15, -0.1) is 0 Å². The largest absolute Gasteiger partial charge is 0.443 e. The molecule has 0 saturated carbocycles. The first-order valence-electron chi connectivity index (χ1n) is 14.0. The highest BCUT2D eigenvalue weighted by Gasteiger charge is 2.54. The number of nitrogens with two attached hydrogens (primary N) is 2. The average Bonchev–Trinajstić information content (AvgIpc) is 3.52. The summed E-state index contributed by atoms with van der Waals surface area (Å²) in [6.07, 6.45) is -1.01. The number of nitrogens with zero attached hydrogens (tertiary/aromatic N) is 1. The van der Waals surface area contributed by atoms with Gasteiger partial charge in [-0.05, 0) is 48.4 Å². The molecular weight excluding hydrogens is 560 g/mol. The first-order chi connectivity index (χ1) is 19.8. The number of amides is 1. The summed E-state index contributed by atoms with van der Waals surface area (Å²) < 4.78 is 44.4. The van der Waals surface area contributed by atoms with E-state index in [1.54, 1.807) is 30.3 Å². The SMILES string of the molecule is CC(C)(CCC#N)C[C@](O)(CS(=O)(=O)c1cccc(N)c1)[C@](N)(Cc1ccccc1)NC(=O)O[C@H]1CO[C@H]2OCC[C@H]21. The van der Waals surface area contributed by atoms with Crippen molar-refractivity contribution in [3.63, 3.8) is 0 Å². The van der Waals surface area contributed by atoms with Gasteiger partial charge >= 0.3 is 6.09 Å². The molecule has 2 fully saturated rings. The van der Waals surface area contributed by atoms with Crippen LogP contribution in [0.25, 0.3) is 0 Å². The summed E-state index contributed by atoms with van der Waals surface area (Å²) in [5, 5.41) is 24.4. The maximum Gasteiger partial charge on any atom is 0.409 e. The first-order valence-corrected chi connectivity index (χ1v) is 15.6. The van der Waals surface area contributed by atoms with Crippen molar-refractivity contribution in [3.05, 3.63) is 60.2 Å². The molecule has 0 aliphatic carbocycles. The maximum atomic E-state index is 13.8. The molecule has 42 heavy (non-hydrogen) atoms. The van der Waals surface area contributed by atoms with Crippen LogP contribution >= 0.6 is 0 Å². The van der Waals surface area contributed by atoms with Crippen LogP contribution in [-0.2, 0) is 30.5 Å². The number of alkyl carbamates (subject to hydrolysis) is 1. The molecule has 1 amide bonds. The fraction of sp³-hybridized carbons (Fsp3) is 0.533. The lowest BCUT2D eigenvalue weighted by Crippen LogP contribution is -2.74. The van der Waals surface area contributed by atoms with Crippen molar-refractivity contribution in [2.45, 2.75) is 74.5 Å².